The molecule has 0 heterocycles. The lowest BCUT2D eigenvalue weighted by Gasteiger charge is -2.13. The van der Waals surface area contributed by atoms with Gasteiger partial charge in [0.2, 0.25) is 5.91 Å². The van der Waals surface area contributed by atoms with Crippen molar-refractivity contribution in [3.63, 3.8) is 0 Å². The number of halogens is 4. The Morgan fingerprint density at radius 1 is 1.13 bits per heavy atom. The Morgan fingerprint density at radius 3 is 2.47 bits per heavy atom. The van der Waals surface area contributed by atoms with Crippen molar-refractivity contribution in [2.75, 3.05) is 25.6 Å². The van der Waals surface area contributed by atoms with Crippen LogP contribution in [0.4, 0.5) is 18.9 Å². The zero-order valence-corrected chi connectivity index (χ0v) is 16.1. The van der Waals surface area contributed by atoms with Crippen LogP contribution in [0, 0.1) is 17.5 Å². The lowest BCUT2D eigenvalue weighted by molar-refractivity contribution is -0.120. The molecule has 0 saturated carbocycles. The number of methoxy groups -OCH3 is 1. The van der Waals surface area contributed by atoms with E-state index in [0.717, 1.165) is 6.07 Å². The summed E-state index contributed by atoms with van der Waals surface area (Å²) < 4.78 is 49.9. The first-order valence-electron chi connectivity index (χ1n) is 8.14. The Hall–Kier alpha value is -3.47. The molecule has 160 valence electrons. The third-order valence-electron chi connectivity index (χ3n) is 3.57. The third kappa shape index (κ3) is 5.54. The number of carbonyl (C=O) groups excluding carboxylic acids is 3. The molecule has 2 aromatic carbocycles. The number of benzene rings is 2. The first-order valence-corrected chi connectivity index (χ1v) is 8.52. The maximum absolute atomic E-state index is 13.6. The van der Waals surface area contributed by atoms with Crippen LogP contribution >= 0.6 is 11.6 Å². The quantitative estimate of drug-likeness (QED) is 0.537. The van der Waals surface area contributed by atoms with Crippen LogP contribution in [0.1, 0.15) is 10.4 Å². The molecule has 0 aliphatic rings. The van der Waals surface area contributed by atoms with Gasteiger partial charge in [0, 0.05) is 5.56 Å². The molecule has 0 radical (unpaired) electrons. The molecule has 0 fully saturated rings. The van der Waals surface area contributed by atoms with E-state index in [1.54, 1.807) is 0 Å². The summed E-state index contributed by atoms with van der Waals surface area (Å²) in [5.41, 5.74) is 4.39. The second kappa shape index (κ2) is 9.83. The number of amides is 3. The highest BCUT2D eigenvalue weighted by molar-refractivity contribution is 6.32. The molecule has 30 heavy (non-hydrogen) atoms. The van der Waals surface area contributed by atoms with Crippen molar-refractivity contribution >= 4 is 35.0 Å². The number of carbonyl (C=O) groups is 3. The van der Waals surface area contributed by atoms with Gasteiger partial charge in [-0.05, 0) is 24.3 Å². The van der Waals surface area contributed by atoms with Crippen molar-refractivity contribution in [3.8, 4) is 11.5 Å². The molecule has 4 N–H and O–H groups in total. The molecule has 0 aromatic heterocycles. The Labute approximate surface area is 173 Å². The SMILES string of the molecule is COc1cc(C(=O)NCC(=O)Nc2ccc(F)c(F)c2F)cc(Cl)c1OCC(N)=O. The molecule has 3 amide bonds. The van der Waals surface area contributed by atoms with Gasteiger partial charge in [-0.2, -0.15) is 0 Å². The molecule has 2 aromatic rings. The summed E-state index contributed by atoms with van der Waals surface area (Å²) in [5.74, 6) is -7.10. The van der Waals surface area contributed by atoms with E-state index in [-0.39, 0.29) is 22.1 Å². The molecule has 8 nitrogen and oxygen atoms in total. The molecule has 0 aliphatic carbocycles. The number of nitrogens with two attached hydrogens (primary N) is 1. The van der Waals surface area contributed by atoms with Crippen LogP contribution in [-0.2, 0) is 9.59 Å². The van der Waals surface area contributed by atoms with Crippen molar-refractivity contribution in [2.45, 2.75) is 0 Å². The molecular weight excluding hydrogens is 431 g/mol. The van der Waals surface area contributed by atoms with Gasteiger partial charge in [-0.3, -0.25) is 14.4 Å². The van der Waals surface area contributed by atoms with Crippen LogP contribution in [0.15, 0.2) is 24.3 Å². The van der Waals surface area contributed by atoms with Gasteiger partial charge in [0.05, 0.1) is 24.4 Å². The summed E-state index contributed by atoms with van der Waals surface area (Å²) in [6.07, 6.45) is 0. The highest BCUT2D eigenvalue weighted by atomic mass is 35.5. The van der Waals surface area contributed by atoms with Crippen LogP contribution < -0.4 is 25.8 Å². The van der Waals surface area contributed by atoms with Crippen molar-refractivity contribution in [3.05, 3.63) is 52.3 Å². The Kier molecular flexibility index (Phi) is 7.48. The minimum atomic E-state index is -1.74. The van der Waals surface area contributed by atoms with Gasteiger partial charge in [0.1, 0.15) is 0 Å². The van der Waals surface area contributed by atoms with Gasteiger partial charge < -0.3 is 25.8 Å². The molecule has 0 atom stereocenters. The Morgan fingerprint density at radius 2 is 1.83 bits per heavy atom. The maximum Gasteiger partial charge on any atom is 0.255 e. The van der Waals surface area contributed by atoms with E-state index in [9.17, 15) is 27.6 Å². The summed E-state index contributed by atoms with van der Waals surface area (Å²) in [6, 6.07) is 3.92. The second-order valence-electron chi connectivity index (χ2n) is 5.70. The van der Waals surface area contributed by atoms with Crippen LogP contribution in [0.2, 0.25) is 5.02 Å². The lowest BCUT2D eigenvalue weighted by Crippen LogP contribution is -2.33. The van der Waals surface area contributed by atoms with E-state index in [0.29, 0.717) is 6.07 Å². The number of anilines is 1. The normalized spacial score (nSPS) is 10.3. The average Bonchev–Trinajstić information content (AvgIpc) is 2.70. The predicted molar refractivity (Wildman–Crippen MR) is 100.0 cm³/mol. The summed E-state index contributed by atoms with van der Waals surface area (Å²) in [7, 11) is 1.27. The summed E-state index contributed by atoms with van der Waals surface area (Å²) >= 11 is 6.03. The van der Waals surface area contributed by atoms with Gasteiger partial charge in [0.25, 0.3) is 11.8 Å². The van der Waals surface area contributed by atoms with Crippen LogP contribution in [0.3, 0.4) is 0 Å². The molecule has 0 unspecified atom stereocenters. The largest absolute Gasteiger partial charge is 0.493 e. The van der Waals surface area contributed by atoms with E-state index in [4.69, 9.17) is 26.8 Å². The first kappa shape index (κ1) is 22.8. The minimum absolute atomic E-state index is 0.0129. The zero-order valence-electron chi connectivity index (χ0n) is 15.4. The second-order valence-corrected chi connectivity index (χ2v) is 6.11. The van der Waals surface area contributed by atoms with Gasteiger partial charge in [-0.15, -0.1) is 0 Å². The average molecular weight is 446 g/mol. The van der Waals surface area contributed by atoms with Crippen LogP contribution in [-0.4, -0.2) is 38.0 Å². The molecule has 0 aliphatic heterocycles. The molecule has 0 bridgehead atoms. The third-order valence-corrected chi connectivity index (χ3v) is 3.85. The topological polar surface area (TPSA) is 120 Å². The van der Waals surface area contributed by atoms with E-state index in [1.165, 1.54) is 19.2 Å². The Balaban J connectivity index is 2.05. The fourth-order valence-corrected chi connectivity index (χ4v) is 2.48. The number of hydrogen-bond donors (Lipinski definition) is 3. The smallest absolute Gasteiger partial charge is 0.255 e. The molecule has 0 spiro atoms. The number of primary amides is 1. The highest BCUT2D eigenvalue weighted by Crippen LogP contribution is 2.36. The molecule has 2 rings (SSSR count). The van der Waals surface area contributed by atoms with Crippen LogP contribution in [0.25, 0.3) is 0 Å². The summed E-state index contributed by atoms with van der Waals surface area (Å²) in [6.45, 7) is -1.08. The minimum Gasteiger partial charge on any atom is -0.493 e. The summed E-state index contributed by atoms with van der Waals surface area (Å²) in [5, 5.41) is 4.19. The molecule has 12 heteroatoms. The standard InChI is InChI=1S/C18H15ClF3N3O5/c1-29-12-5-8(4-9(19)17(12)30-7-13(23)26)18(28)24-6-14(27)25-11-3-2-10(20)15(21)16(11)22/h2-5H,6-7H2,1H3,(H2,23,26)(H,24,28)(H,25,27). The fourth-order valence-electron chi connectivity index (χ4n) is 2.21. The van der Waals surface area contributed by atoms with Gasteiger partial charge >= 0.3 is 0 Å². The van der Waals surface area contributed by atoms with Crippen LogP contribution in [0.5, 0.6) is 11.5 Å². The molecular formula is C18H15ClF3N3O5. The summed E-state index contributed by atoms with van der Waals surface area (Å²) in [4.78, 5) is 35.0. The first-order chi connectivity index (χ1) is 14.1. The van der Waals surface area contributed by atoms with E-state index < -0.39 is 54.0 Å². The Bertz CT molecular complexity index is 1000. The predicted octanol–water partition coefficient (Wildman–Crippen LogP) is 2.00. The van der Waals surface area contributed by atoms with Gasteiger partial charge in [0.15, 0.2) is 35.6 Å². The number of nitrogens with one attached hydrogen (secondary N) is 2. The van der Waals surface area contributed by atoms with Gasteiger partial charge in [-0.1, -0.05) is 11.6 Å². The van der Waals surface area contributed by atoms with Crippen molar-refractivity contribution < 1.29 is 37.0 Å². The number of rotatable bonds is 8. The fraction of sp³-hybridized carbons (Fsp3) is 0.167. The maximum atomic E-state index is 13.6. The number of hydrogen-bond acceptors (Lipinski definition) is 5. The monoisotopic (exact) mass is 445 g/mol. The van der Waals surface area contributed by atoms with E-state index >= 15 is 0 Å². The van der Waals surface area contributed by atoms with Crippen molar-refractivity contribution in [1.29, 1.82) is 0 Å². The number of ether oxygens (including phenoxy) is 2. The van der Waals surface area contributed by atoms with E-state index in [2.05, 4.69) is 5.32 Å². The highest BCUT2D eigenvalue weighted by Gasteiger charge is 2.18. The van der Waals surface area contributed by atoms with Crippen molar-refractivity contribution in [2.24, 2.45) is 5.73 Å². The molecule has 0 saturated heterocycles. The van der Waals surface area contributed by atoms with Gasteiger partial charge in [-0.25, -0.2) is 13.2 Å². The zero-order chi connectivity index (χ0) is 22.4. The lowest BCUT2D eigenvalue weighted by atomic mass is 10.2. The van der Waals surface area contributed by atoms with E-state index in [1.807, 2.05) is 5.32 Å². The van der Waals surface area contributed by atoms with Crippen molar-refractivity contribution in [1.82, 2.24) is 5.32 Å².